The van der Waals surface area contributed by atoms with Crippen molar-refractivity contribution in [1.82, 2.24) is 9.88 Å². The molecular weight excluding hydrogens is 354 g/mol. The Balaban J connectivity index is 1.70. The molecule has 0 bridgehead atoms. The van der Waals surface area contributed by atoms with E-state index in [1.165, 1.54) is 5.56 Å². The smallest absolute Gasteiger partial charge is 0.228 e. The van der Waals surface area contributed by atoms with Crippen molar-refractivity contribution in [1.29, 1.82) is 0 Å². The molecule has 1 fully saturated rings. The van der Waals surface area contributed by atoms with Gasteiger partial charge in [0, 0.05) is 38.5 Å². The van der Waals surface area contributed by atoms with Crippen LogP contribution < -0.4 is 4.90 Å². The van der Waals surface area contributed by atoms with Gasteiger partial charge in [-0.1, -0.05) is 25.1 Å². The number of anilines is 1. The summed E-state index contributed by atoms with van der Waals surface area (Å²) in [5, 5.41) is 0. The van der Waals surface area contributed by atoms with Crippen molar-refractivity contribution in [3.8, 4) is 0 Å². The number of aryl methyl sites for hydroxylation is 1. The van der Waals surface area contributed by atoms with Crippen molar-refractivity contribution < 1.29 is 14.3 Å². The van der Waals surface area contributed by atoms with Gasteiger partial charge in [0.05, 0.1) is 24.8 Å². The average Bonchev–Trinajstić information content (AvgIpc) is 3.13. The maximum atomic E-state index is 13.1. The fourth-order valence-electron chi connectivity index (χ4n) is 3.45. The van der Waals surface area contributed by atoms with Crippen LogP contribution in [-0.2, 0) is 27.3 Å². The standard InChI is InChI=1S/C22H27N3O3/c1-3-17-7-9-20(10-8-17)25-15-18(14-21(25)26)22(27)24(12-13-28-2)16-19-6-4-5-11-23-19/h4-11,18H,3,12-16H2,1-2H3. The highest BCUT2D eigenvalue weighted by Gasteiger charge is 2.37. The first kappa shape index (κ1) is 20.0. The molecule has 1 aliphatic rings. The van der Waals surface area contributed by atoms with Crippen LogP contribution in [-0.4, -0.2) is 48.5 Å². The number of methoxy groups -OCH3 is 1. The predicted molar refractivity (Wildman–Crippen MR) is 108 cm³/mol. The van der Waals surface area contributed by atoms with Crippen LogP contribution in [0.25, 0.3) is 0 Å². The molecule has 1 aromatic carbocycles. The minimum atomic E-state index is -0.348. The Bertz CT molecular complexity index is 792. The van der Waals surface area contributed by atoms with Gasteiger partial charge in [-0.05, 0) is 36.2 Å². The van der Waals surface area contributed by atoms with Gasteiger partial charge >= 0.3 is 0 Å². The Morgan fingerprint density at radius 3 is 2.68 bits per heavy atom. The van der Waals surface area contributed by atoms with Gasteiger partial charge in [0.15, 0.2) is 0 Å². The molecule has 2 heterocycles. The molecule has 1 saturated heterocycles. The molecule has 3 rings (SSSR count). The summed E-state index contributed by atoms with van der Waals surface area (Å²) in [6.07, 6.45) is 2.91. The number of rotatable bonds is 8. The van der Waals surface area contributed by atoms with E-state index in [1.54, 1.807) is 23.1 Å². The highest BCUT2D eigenvalue weighted by atomic mass is 16.5. The van der Waals surface area contributed by atoms with Crippen LogP contribution >= 0.6 is 0 Å². The van der Waals surface area contributed by atoms with Gasteiger partial charge in [0.25, 0.3) is 0 Å². The number of pyridine rings is 1. The minimum absolute atomic E-state index is 0.00729. The van der Waals surface area contributed by atoms with Crippen LogP contribution in [0.1, 0.15) is 24.6 Å². The van der Waals surface area contributed by atoms with E-state index in [0.29, 0.717) is 26.2 Å². The normalized spacial score (nSPS) is 16.4. The van der Waals surface area contributed by atoms with Gasteiger partial charge < -0.3 is 14.5 Å². The minimum Gasteiger partial charge on any atom is -0.383 e. The Labute approximate surface area is 166 Å². The maximum Gasteiger partial charge on any atom is 0.228 e. The van der Waals surface area contributed by atoms with E-state index in [1.807, 2.05) is 42.5 Å². The monoisotopic (exact) mass is 381 g/mol. The molecule has 2 aromatic rings. The zero-order valence-electron chi connectivity index (χ0n) is 16.5. The highest BCUT2D eigenvalue weighted by Crippen LogP contribution is 2.27. The number of nitrogens with zero attached hydrogens (tertiary/aromatic N) is 3. The van der Waals surface area contributed by atoms with Crippen molar-refractivity contribution in [2.24, 2.45) is 5.92 Å². The Morgan fingerprint density at radius 1 is 1.25 bits per heavy atom. The number of benzene rings is 1. The van der Waals surface area contributed by atoms with E-state index < -0.39 is 0 Å². The average molecular weight is 381 g/mol. The highest BCUT2D eigenvalue weighted by molar-refractivity contribution is 6.00. The molecule has 0 N–H and O–H groups in total. The van der Waals surface area contributed by atoms with Crippen molar-refractivity contribution in [3.05, 3.63) is 59.9 Å². The van der Waals surface area contributed by atoms with E-state index in [4.69, 9.17) is 4.74 Å². The second-order valence-corrected chi connectivity index (χ2v) is 7.00. The number of carbonyl (C=O) groups is 2. The van der Waals surface area contributed by atoms with Crippen LogP contribution in [0.4, 0.5) is 5.69 Å². The van der Waals surface area contributed by atoms with E-state index in [0.717, 1.165) is 17.8 Å². The molecule has 0 spiro atoms. The molecule has 148 valence electrons. The summed E-state index contributed by atoms with van der Waals surface area (Å²) in [6.45, 7) is 3.85. The second kappa shape index (κ2) is 9.46. The molecule has 0 radical (unpaired) electrons. The molecule has 1 aromatic heterocycles. The van der Waals surface area contributed by atoms with Crippen molar-refractivity contribution in [2.45, 2.75) is 26.3 Å². The summed E-state index contributed by atoms with van der Waals surface area (Å²) in [5.41, 5.74) is 2.90. The molecule has 0 saturated carbocycles. The third kappa shape index (κ3) is 4.75. The molecule has 0 aliphatic carbocycles. The maximum absolute atomic E-state index is 13.1. The van der Waals surface area contributed by atoms with E-state index >= 15 is 0 Å². The van der Waals surface area contributed by atoms with Gasteiger partial charge in [0.2, 0.25) is 11.8 Å². The molecule has 2 amide bonds. The van der Waals surface area contributed by atoms with Gasteiger partial charge in [-0.25, -0.2) is 0 Å². The fraction of sp³-hybridized carbons (Fsp3) is 0.409. The molecule has 28 heavy (non-hydrogen) atoms. The van der Waals surface area contributed by atoms with E-state index in [2.05, 4.69) is 11.9 Å². The number of hydrogen-bond acceptors (Lipinski definition) is 4. The largest absolute Gasteiger partial charge is 0.383 e. The molecule has 1 unspecified atom stereocenters. The number of amides is 2. The quantitative estimate of drug-likeness (QED) is 0.705. The molecular formula is C22H27N3O3. The van der Waals surface area contributed by atoms with Crippen LogP contribution in [0, 0.1) is 5.92 Å². The van der Waals surface area contributed by atoms with E-state index in [-0.39, 0.29) is 24.2 Å². The zero-order valence-corrected chi connectivity index (χ0v) is 16.5. The summed E-state index contributed by atoms with van der Waals surface area (Å²) >= 11 is 0. The lowest BCUT2D eigenvalue weighted by Crippen LogP contribution is -2.39. The van der Waals surface area contributed by atoms with Crippen LogP contribution in [0.2, 0.25) is 0 Å². The summed E-state index contributed by atoms with van der Waals surface area (Å²) in [4.78, 5) is 33.5. The summed E-state index contributed by atoms with van der Waals surface area (Å²) in [6, 6.07) is 13.6. The van der Waals surface area contributed by atoms with Gasteiger partial charge in [-0.2, -0.15) is 0 Å². The predicted octanol–water partition coefficient (Wildman–Crippen LogP) is 2.67. The topological polar surface area (TPSA) is 62.7 Å². The summed E-state index contributed by atoms with van der Waals surface area (Å²) in [7, 11) is 1.62. The molecule has 1 atom stereocenters. The van der Waals surface area contributed by atoms with Gasteiger partial charge in [-0.15, -0.1) is 0 Å². The second-order valence-electron chi connectivity index (χ2n) is 7.00. The third-order valence-electron chi connectivity index (χ3n) is 5.09. The summed E-state index contributed by atoms with van der Waals surface area (Å²) < 4.78 is 5.16. The lowest BCUT2D eigenvalue weighted by atomic mass is 10.1. The van der Waals surface area contributed by atoms with E-state index in [9.17, 15) is 9.59 Å². The molecule has 6 heteroatoms. The first-order valence-corrected chi connectivity index (χ1v) is 9.69. The zero-order chi connectivity index (χ0) is 19.9. The first-order chi connectivity index (χ1) is 13.6. The molecule has 6 nitrogen and oxygen atoms in total. The van der Waals surface area contributed by atoms with Crippen LogP contribution in [0.5, 0.6) is 0 Å². The Kier molecular flexibility index (Phi) is 6.76. The number of aromatic nitrogens is 1. The lowest BCUT2D eigenvalue weighted by Gasteiger charge is -2.25. The Hall–Kier alpha value is -2.73. The van der Waals surface area contributed by atoms with Gasteiger partial charge in [0.1, 0.15) is 0 Å². The number of hydrogen-bond donors (Lipinski definition) is 0. The lowest BCUT2D eigenvalue weighted by molar-refractivity contribution is -0.137. The van der Waals surface area contributed by atoms with Crippen LogP contribution in [0.15, 0.2) is 48.7 Å². The summed E-state index contributed by atoms with van der Waals surface area (Å²) in [5.74, 6) is -0.380. The number of carbonyl (C=O) groups excluding carboxylic acids is 2. The van der Waals surface area contributed by atoms with Crippen molar-refractivity contribution in [2.75, 3.05) is 31.7 Å². The Morgan fingerprint density at radius 2 is 2.04 bits per heavy atom. The van der Waals surface area contributed by atoms with Crippen molar-refractivity contribution >= 4 is 17.5 Å². The van der Waals surface area contributed by atoms with Crippen LogP contribution in [0.3, 0.4) is 0 Å². The van der Waals surface area contributed by atoms with Crippen molar-refractivity contribution in [3.63, 3.8) is 0 Å². The number of ether oxygens (including phenoxy) is 1. The SMILES string of the molecule is CCc1ccc(N2CC(C(=O)N(CCOC)Cc3ccccn3)CC2=O)cc1. The first-order valence-electron chi connectivity index (χ1n) is 9.69. The van der Waals surface area contributed by atoms with Gasteiger partial charge in [-0.3, -0.25) is 14.6 Å². The fourth-order valence-corrected chi connectivity index (χ4v) is 3.45. The third-order valence-corrected chi connectivity index (χ3v) is 5.09. The molecule has 1 aliphatic heterocycles.